The molecule has 0 aliphatic carbocycles. The molecule has 1 aliphatic heterocycles. The van der Waals surface area contributed by atoms with Gasteiger partial charge in [-0.15, -0.1) is 10.2 Å². The van der Waals surface area contributed by atoms with E-state index in [0.29, 0.717) is 0 Å². The van der Waals surface area contributed by atoms with Gasteiger partial charge in [-0.1, -0.05) is 36.8 Å². The van der Waals surface area contributed by atoms with Crippen molar-refractivity contribution in [2.24, 2.45) is 0 Å². The highest BCUT2D eigenvalue weighted by Gasteiger charge is 2.29. The summed E-state index contributed by atoms with van der Waals surface area (Å²) >= 11 is 0. The van der Waals surface area contributed by atoms with Crippen LogP contribution >= 0.6 is 0 Å². The van der Waals surface area contributed by atoms with Crippen molar-refractivity contribution in [3.8, 4) is 0 Å². The maximum Gasteiger partial charge on any atom is 0.196 e. The van der Waals surface area contributed by atoms with Crippen molar-refractivity contribution in [1.29, 1.82) is 0 Å². The van der Waals surface area contributed by atoms with Crippen LogP contribution in [0.25, 0.3) is 0 Å². The third-order valence-corrected chi connectivity index (χ3v) is 4.14. The van der Waals surface area contributed by atoms with Crippen molar-refractivity contribution in [3.05, 3.63) is 41.7 Å². The van der Waals surface area contributed by atoms with Crippen LogP contribution in [-0.2, 0) is 5.54 Å². The molecule has 1 aromatic carbocycles. The number of rotatable bonds is 3. The molecule has 0 saturated carbocycles. The predicted octanol–water partition coefficient (Wildman–Crippen LogP) is 3.00. The van der Waals surface area contributed by atoms with Crippen LogP contribution in [0.4, 0.5) is 0 Å². The molecule has 2 aromatic rings. The first-order chi connectivity index (χ1) is 10.6. The fraction of sp³-hybridized carbons (Fsp3) is 0.588. The Balaban J connectivity index is 1.96. The van der Waals surface area contributed by atoms with Gasteiger partial charge in [0.05, 0.1) is 11.6 Å². The molecule has 1 atom stereocenters. The van der Waals surface area contributed by atoms with Crippen molar-refractivity contribution >= 4 is 0 Å². The molecule has 0 bridgehead atoms. The van der Waals surface area contributed by atoms with Gasteiger partial charge in [-0.05, 0) is 57.5 Å². The van der Waals surface area contributed by atoms with Crippen LogP contribution in [0.2, 0.25) is 0 Å². The Bertz CT molecular complexity index is 593. The Kier molecular flexibility index (Phi) is 4.25. The van der Waals surface area contributed by atoms with Gasteiger partial charge in [-0.2, -0.15) is 4.80 Å². The number of hydrogen-bond donors (Lipinski definition) is 0. The lowest BCUT2D eigenvalue weighted by atomic mass is 10.0. The van der Waals surface area contributed by atoms with Gasteiger partial charge >= 0.3 is 0 Å². The van der Waals surface area contributed by atoms with Gasteiger partial charge in [0, 0.05) is 0 Å². The van der Waals surface area contributed by atoms with Crippen molar-refractivity contribution in [2.45, 2.75) is 51.6 Å². The molecule has 0 spiro atoms. The monoisotopic (exact) mass is 299 g/mol. The summed E-state index contributed by atoms with van der Waals surface area (Å²) in [6.45, 7) is 8.48. The second-order valence-electron chi connectivity index (χ2n) is 7.02. The highest BCUT2D eigenvalue weighted by atomic mass is 15.6. The van der Waals surface area contributed by atoms with Crippen molar-refractivity contribution < 1.29 is 0 Å². The lowest BCUT2D eigenvalue weighted by molar-refractivity contribution is 0.180. The first-order valence-corrected chi connectivity index (χ1v) is 8.15. The normalized spacial score (nSPS) is 18.3. The van der Waals surface area contributed by atoms with Gasteiger partial charge in [0.15, 0.2) is 5.82 Å². The maximum atomic E-state index is 4.69. The molecule has 2 heterocycles. The zero-order valence-electron chi connectivity index (χ0n) is 13.7. The third-order valence-electron chi connectivity index (χ3n) is 4.14. The summed E-state index contributed by atoms with van der Waals surface area (Å²) in [5, 5.41) is 13.3. The minimum absolute atomic E-state index is 0.109. The van der Waals surface area contributed by atoms with E-state index in [1.54, 1.807) is 4.80 Å². The first-order valence-electron chi connectivity index (χ1n) is 8.15. The largest absolute Gasteiger partial charge is 0.290 e. The number of benzene rings is 1. The fourth-order valence-corrected chi connectivity index (χ4v) is 2.95. The highest BCUT2D eigenvalue weighted by molar-refractivity contribution is 5.24. The predicted molar refractivity (Wildman–Crippen MR) is 86.5 cm³/mol. The van der Waals surface area contributed by atoms with Crippen LogP contribution in [-0.4, -0.2) is 38.2 Å². The third kappa shape index (κ3) is 3.19. The van der Waals surface area contributed by atoms with Gasteiger partial charge in [0.1, 0.15) is 0 Å². The van der Waals surface area contributed by atoms with Gasteiger partial charge in [-0.25, -0.2) is 0 Å². The number of piperidine rings is 1. The zero-order valence-corrected chi connectivity index (χ0v) is 13.7. The molecule has 1 unspecified atom stereocenters. The molecule has 0 N–H and O–H groups in total. The van der Waals surface area contributed by atoms with Crippen molar-refractivity contribution in [1.82, 2.24) is 25.1 Å². The highest BCUT2D eigenvalue weighted by Crippen LogP contribution is 2.29. The molecule has 22 heavy (non-hydrogen) atoms. The molecular formula is C17H25N5. The van der Waals surface area contributed by atoms with Crippen LogP contribution in [0.15, 0.2) is 30.3 Å². The Morgan fingerprint density at radius 2 is 1.68 bits per heavy atom. The minimum Gasteiger partial charge on any atom is -0.290 e. The average Bonchev–Trinajstić information content (AvgIpc) is 2.99. The van der Waals surface area contributed by atoms with Crippen LogP contribution in [0.5, 0.6) is 0 Å². The standard InChI is InChI=1S/C17H25N5/c1-17(2,3)22-19-16(18-20-22)15(14-10-6-4-7-11-14)21-12-8-5-9-13-21/h4,6-7,10-11,15H,5,8-9,12-13H2,1-3H3. The lowest BCUT2D eigenvalue weighted by Crippen LogP contribution is -2.35. The molecule has 1 saturated heterocycles. The Hall–Kier alpha value is -1.75. The summed E-state index contributed by atoms with van der Waals surface area (Å²) in [5.74, 6) is 0.808. The lowest BCUT2D eigenvalue weighted by Gasteiger charge is -2.33. The SMILES string of the molecule is CC(C)(C)n1nnc(C(c2ccccc2)N2CCCCC2)n1. The van der Waals surface area contributed by atoms with Crippen LogP contribution in [0.1, 0.15) is 57.5 Å². The number of likely N-dealkylation sites (tertiary alicyclic amines) is 1. The Morgan fingerprint density at radius 1 is 1.00 bits per heavy atom. The van der Waals surface area contributed by atoms with E-state index in [0.717, 1.165) is 18.9 Å². The molecule has 0 amide bonds. The quantitative estimate of drug-likeness (QED) is 0.874. The molecule has 1 aliphatic rings. The number of aromatic nitrogens is 4. The van der Waals surface area contributed by atoms with Crippen LogP contribution < -0.4 is 0 Å². The Morgan fingerprint density at radius 3 is 2.27 bits per heavy atom. The van der Waals surface area contributed by atoms with Crippen molar-refractivity contribution in [2.75, 3.05) is 13.1 Å². The smallest absolute Gasteiger partial charge is 0.196 e. The summed E-state index contributed by atoms with van der Waals surface area (Å²) in [7, 11) is 0. The van der Waals surface area contributed by atoms with Gasteiger partial charge < -0.3 is 0 Å². The summed E-state index contributed by atoms with van der Waals surface area (Å²) in [6, 6.07) is 10.7. The van der Waals surface area contributed by atoms with E-state index in [1.165, 1.54) is 24.8 Å². The molecule has 118 valence electrons. The topological polar surface area (TPSA) is 46.8 Å². The summed E-state index contributed by atoms with van der Waals surface area (Å²) < 4.78 is 0. The number of hydrogen-bond acceptors (Lipinski definition) is 4. The fourth-order valence-electron chi connectivity index (χ4n) is 2.95. The maximum absolute atomic E-state index is 4.69. The van der Waals surface area contributed by atoms with Gasteiger partial charge in [-0.3, -0.25) is 4.90 Å². The van der Waals surface area contributed by atoms with Crippen LogP contribution in [0, 0.1) is 0 Å². The second-order valence-corrected chi connectivity index (χ2v) is 7.02. The molecular weight excluding hydrogens is 274 g/mol. The van der Waals surface area contributed by atoms with E-state index in [1.807, 2.05) is 0 Å². The van der Waals surface area contributed by atoms with E-state index in [-0.39, 0.29) is 11.6 Å². The van der Waals surface area contributed by atoms with Crippen LogP contribution in [0.3, 0.4) is 0 Å². The number of nitrogens with zero attached hydrogens (tertiary/aromatic N) is 5. The summed E-state index contributed by atoms with van der Waals surface area (Å²) in [6.07, 6.45) is 3.81. The van der Waals surface area contributed by atoms with E-state index in [2.05, 4.69) is 71.4 Å². The van der Waals surface area contributed by atoms with Gasteiger partial charge in [0.25, 0.3) is 0 Å². The first kappa shape index (κ1) is 15.2. The van der Waals surface area contributed by atoms with E-state index in [4.69, 9.17) is 0 Å². The van der Waals surface area contributed by atoms with E-state index in [9.17, 15) is 0 Å². The Labute approximate surface area is 132 Å². The molecule has 3 rings (SSSR count). The average molecular weight is 299 g/mol. The summed E-state index contributed by atoms with van der Waals surface area (Å²) in [4.78, 5) is 4.21. The van der Waals surface area contributed by atoms with Crippen molar-refractivity contribution in [3.63, 3.8) is 0 Å². The molecule has 0 radical (unpaired) electrons. The molecule has 5 heteroatoms. The number of tetrazole rings is 1. The molecule has 1 fully saturated rings. The minimum atomic E-state index is -0.144. The van der Waals surface area contributed by atoms with E-state index < -0.39 is 0 Å². The molecule has 1 aromatic heterocycles. The van der Waals surface area contributed by atoms with Gasteiger partial charge in [0.2, 0.25) is 0 Å². The zero-order chi connectivity index (χ0) is 15.6. The summed E-state index contributed by atoms with van der Waals surface area (Å²) in [5.41, 5.74) is 1.10. The van der Waals surface area contributed by atoms with E-state index >= 15 is 0 Å². The second kappa shape index (κ2) is 6.16. The molecule has 5 nitrogen and oxygen atoms in total.